The van der Waals surface area contributed by atoms with E-state index in [1.165, 1.54) is 4.57 Å². The Kier molecular flexibility index (Phi) is 3.50. The number of nitrogens with zero attached hydrogens (tertiary/aromatic N) is 1. The van der Waals surface area contributed by atoms with Gasteiger partial charge in [0.05, 0.1) is 12.1 Å². The zero-order chi connectivity index (χ0) is 14.3. The van der Waals surface area contributed by atoms with Crippen LogP contribution >= 0.6 is 34.8 Å². The molecule has 0 aliphatic carbocycles. The van der Waals surface area contributed by atoms with Gasteiger partial charge in [-0.2, -0.15) is 0 Å². The SMILES string of the molecule is O=c1oc2cc(Cl)ccc2n1Cc1c(Cl)cccc1Cl. The maximum atomic E-state index is 11.9. The van der Waals surface area contributed by atoms with Gasteiger partial charge in [0.15, 0.2) is 5.58 Å². The van der Waals surface area contributed by atoms with E-state index in [0.29, 0.717) is 31.7 Å². The first-order valence-electron chi connectivity index (χ1n) is 5.78. The fourth-order valence-electron chi connectivity index (χ4n) is 2.03. The van der Waals surface area contributed by atoms with Crippen LogP contribution in [0.15, 0.2) is 45.6 Å². The third-order valence-corrected chi connectivity index (χ3v) is 3.95. The number of aromatic nitrogens is 1. The standard InChI is InChI=1S/C14H8Cl3NO2/c15-8-4-5-12-13(6-8)20-14(19)18(12)7-9-10(16)2-1-3-11(9)17/h1-6H,7H2. The van der Waals surface area contributed by atoms with Gasteiger partial charge in [-0.15, -0.1) is 0 Å². The summed E-state index contributed by atoms with van der Waals surface area (Å²) < 4.78 is 6.64. The number of rotatable bonds is 2. The molecule has 0 saturated heterocycles. The highest BCUT2D eigenvalue weighted by molar-refractivity contribution is 6.36. The Morgan fingerprint density at radius 2 is 1.75 bits per heavy atom. The zero-order valence-corrected chi connectivity index (χ0v) is 12.3. The summed E-state index contributed by atoms with van der Waals surface area (Å²) in [6.45, 7) is 0.242. The minimum Gasteiger partial charge on any atom is -0.408 e. The Morgan fingerprint density at radius 3 is 2.45 bits per heavy atom. The fourth-order valence-corrected chi connectivity index (χ4v) is 2.71. The molecular weight excluding hydrogens is 321 g/mol. The lowest BCUT2D eigenvalue weighted by Crippen LogP contribution is -2.15. The minimum absolute atomic E-state index is 0.242. The highest BCUT2D eigenvalue weighted by Gasteiger charge is 2.13. The number of oxazole rings is 1. The minimum atomic E-state index is -0.474. The molecule has 0 saturated carbocycles. The summed E-state index contributed by atoms with van der Waals surface area (Å²) >= 11 is 18.1. The number of fused-ring (bicyclic) bond motifs is 1. The molecule has 20 heavy (non-hydrogen) atoms. The largest absolute Gasteiger partial charge is 0.420 e. The molecule has 0 aliphatic heterocycles. The van der Waals surface area contributed by atoms with Gasteiger partial charge >= 0.3 is 5.76 Å². The lowest BCUT2D eigenvalue weighted by Gasteiger charge is -2.07. The third-order valence-electron chi connectivity index (χ3n) is 3.01. The third kappa shape index (κ3) is 2.33. The van der Waals surface area contributed by atoms with Crippen LogP contribution in [0, 0.1) is 0 Å². The molecule has 3 nitrogen and oxygen atoms in total. The predicted octanol–water partition coefficient (Wildman–Crippen LogP) is 4.60. The van der Waals surface area contributed by atoms with Crippen molar-refractivity contribution in [3.8, 4) is 0 Å². The lowest BCUT2D eigenvalue weighted by molar-refractivity contribution is 0.518. The average Bonchev–Trinajstić information content (AvgIpc) is 2.69. The molecule has 0 fully saturated rings. The fraction of sp³-hybridized carbons (Fsp3) is 0.0714. The van der Waals surface area contributed by atoms with Gasteiger partial charge in [0.2, 0.25) is 0 Å². The van der Waals surface area contributed by atoms with Crippen LogP contribution in [0.5, 0.6) is 0 Å². The van der Waals surface area contributed by atoms with Crippen molar-refractivity contribution in [2.24, 2.45) is 0 Å². The summed E-state index contributed by atoms with van der Waals surface area (Å²) in [5.74, 6) is -0.474. The average molecular weight is 329 g/mol. The summed E-state index contributed by atoms with van der Waals surface area (Å²) in [6.07, 6.45) is 0. The van der Waals surface area contributed by atoms with Crippen molar-refractivity contribution in [3.63, 3.8) is 0 Å². The summed E-state index contributed by atoms with van der Waals surface area (Å²) in [5.41, 5.74) is 1.76. The quantitative estimate of drug-likeness (QED) is 0.689. The molecule has 102 valence electrons. The molecule has 6 heteroatoms. The van der Waals surface area contributed by atoms with Crippen LogP contribution in [-0.2, 0) is 6.54 Å². The number of halogens is 3. The van der Waals surface area contributed by atoms with Gasteiger partial charge in [-0.25, -0.2) is 4.79 Å². The van der Waals surface area contributed by atoms with Gasteiger partial charge in [0.1, 0.15) is 0 Å². The maximum absolute atomic E-state index is 11.9. The van der Waals surface area contributed by atoms with Crippen LogP contribution in [0.2, 0.25) is 15.1 Å². The van der Waals surface area contributed by atoms with E-state index in [9.17, 15) is 4.79 Å². The van der Waals surface area contributed by atoms with Gasteiger partial charge in [0, 0.05) is 26.7 Å². The molecule has 0 N–H and O–H groups in total. The van der Waals surface area contributed by atoms with E-state index >= 15 is 0 Å². The van der Waals surface area contributed by atoms with Crippen molar-refractivity contribution in [3.05, 3.63) is 67.6 Å². The molecule has 1 aromatic heterocycles. The molecular formula is C14H8Cl3NO2. The first-order chi connectivity index (χ1) is 9.56. The normalized spacial score (nSPS) is 11.2. The first-order valence-corrected chi connectivity index (χ1v) is 6.91. The Morgan fingerprint density at radius 1 is 1.05 bits per heavy atom. The van der Waals surface area contributed by atoms with E-state index in [4.69, 9.17) is 39.2 Å². The van der Waals surface area contributed by atoms with Crippen molar-refractivity contribution in [2.75, 3.05) is 0 Å². The lowest BCUT2D eigenvalue weighted by atomic mass is 10.2. The number of benzene rings is 2. The number of hydrogen-bond acceptors (Lipinski definition) is 2. The highest BCUT2D eigenvalue weighted by atomic mass is 35.5. The highest BCUT2D eigenvalue weighted by Crippen LogP contribution is 2.26. The van der Waals surface area contributed by atoms with Crippen molar-refractivity contribution in [2.45, 2.75) is 6.54 Å². The first kappa shape index (κ1) is 13.6. The van der Waals surface area contributed by atoms with Crippen LogP contribution in [0.3, 0.4) is 0 Å². The molecule has 0 unspecified atom stereocenters. The van der Waals surface area contributed by atoms with Crippen LogP contribution in [0.25, 0.3) is 11.1 Å². The van der Waals surface area contributed by atoms with E-state index in [1.807, 2.05) is 0 Å². The molecule has 2 aromatic carbocycles. The maximum Gasteiger partial charge on any atom is 0.420 e. The summed E-state index contributed by atoms with van der Waals surface area (Å²) in [6, 6.07) is 10.2. The molecule has 0 atom stereocenters. The summed E-state index contributed by atoms with van der Waals surface area (Å²) in [7, 11) is 0. The van der Waals surface area contributed by atoms with Crippen LogP contribution in [0.1, 0.15) is 5.56 Å². The Labute approximate surface area is 129 Å². The molecule has 3 rings (SSSR count). The van der Waals surface area contributed by atoms with E-state index in [0.717, 1.165) is 0 Å². The van der Waals surface area contributed by atoms with E-state index < -0.39 is 5.76 Å². The topological polar surface area (TPSA) is 35.1 Å². The molecule has 1 heterocycles. The van der Waals surface area contributed by atoms with Gasteiger partial charge in [-0.05, 0) is 24.3 Å². The van der Waals surface area contributed by atoms with Crippen molar-refractivity contribution in [1.29, 1.82) is 0 Å². The van der Waals surface area contributed by atoms with Crippen molar-refractivity contribution < 1.29 is 4.42 Å². The molecule has 0 amide bonds. The molecule has 0 spiro atoms. The monoisotopic (exact) mass is 327 g/mol. The predicted molar refractivity (Wildman–Crippen MR) is 81.0 cm³/mol. The second-order valence-corrected chi connectivity index (χ2v) is 5.52. The molecule has 0 radical (unpaired) electrons. The van der Waals surface area contributed by atoms with Gasteiger partial charge < -0.3 is 4.42 Å². The molecule has 3 aromatic rings. The van der Waals surface area contributed by atoms with Crippen LogP contribution in [-0.4, -0.2) is 4.57 Å². The Balaban J connectivity index is 2.16. The van der Waals surface area contributed by atoms with E-state index in [-0.39, 0.29) is 6.54 Å². The molecule has 0 aliphatic rings. The second-order valence-electron chi connectivity index (χ2n) is 4.27. The number of hydrogen-bond donors (Lipinski definition) is 0. The summed E-state index contributed by atoms with van der Waals surface area (Å²) in [4.78, 5) is 11.9. The van der Waals surface area contributed by atoms with Crippen LogP contribution in [0.4, 0.5) is 0 Å². The van der Waals surface area contributed by atoms with E-state index in [2.05, 4.69) is 0 Å². The van der Waals surface area contributed by atoms with Gasteiger partial charge in [0.25, 0.3) is 0 Å². The van der Waals surface area contributed by atoms with Gasteiger partial charge in [-0.1, -0.05) is 40.9 Å². The Bertz CT molecular complexity index is 831. The van der Waals surface area contributed by atoms with Gasteiger partial charge in [-0.3, -0.25) is 4.57 Å². The second kappa shape index (κ2) is 5.17. The van der Waals surface area contributed by atoms with E-state index in [1.54, 1.807) is 36.4 Å². The molecule has 0 bridgehead atoms. The Hall–Kier alpha value is -1.42. The summed E-state index contributed by atoms with van der Waals surface area (Å²) in [5, 5.41) is 1.52. The van der Waals surface area contributed by atoms with Crippen LogP contribution < -0.4 is 5.76 Å². The smallest absolute Gasteiger partial charge is 0.408 e. The zero-order valence-electron chi connectivity index (χ0n) is 10.1. The van der Waals surface area contributed by atoms with Crippen molar-refractivity contribution >= 4 is 45.9 Å². The van der Waals surface area contributed by atoms with Crippen molar-refractivity contribution in [1.82, 2.24) is 4.57 Å².